The van der Waals surface area contributed by atoms with Gasteiger partial charge < -0.3 is 9.47 Å². The average Bonchev–Trinajstić information content (AvgIpc) is 2.98. The molecule has 0 aromatic rings. The molecule has 2 bridgehead atoms. The smallest absolute Gasteiger partial charge is 0.308 e. The summed E-state index contributed by atoms with van der Waals surface area (Å²) in [6, 6.07) is 0. The van der Waals surface area contributed by atoms with Crippen LogP contribution >= 0.6 is 12.6 Å². The fraction of sp³-hybridized carbons (Fsp3) is 0.933. The second-order valence-corrected chi connectivity index (χ2v) is 6.81. The van der Waals surface area contributed by atoms with Gasteiger partial charge in [-0.2, -0.15) is 12.6 Å². The predicted molar refractivity (Wildman–Crippen MR) is 75.9 cm³/mol. The highest BCUT2D eigenvalue weighted by molar-refractivity contribution is 7.80. The molecule has 3 fully saturated rings. The molecule has 3 nitrogen and oxygen atoms in total. The quantitative estimate of drug-likeness (QED) is 0.479. The summed E-state index contributed by atoms with van der Waals surface area (Å²) in [6.45, 7) is 1.84. The summed E-state index contributed by atoms with van der Waals surface area (Å²) >= 11 is 4.03. The van der Waals surface area contributed by atoms with E-state index in [1.165, 1.54) is 32.1 Å². The van der Waals surface area contributed by atoms with E-state index >= 15 is 0 Å². The van der Waals surface area contributed by atoms with Gasteiger partial charge in [0.05, 0.1) is 12.5 Å². The van der Waals surface area contributed by atoms with E-state index in [2.05, 4.69) is 12.6 Å². The molecule has 3 rings (SSSR count). The van der Waals surface area contributed by atoms with Gasteiger partial charge in [-0.3, -0.25) is 4.79 Å². The van der Waals surface area contributed by atoms with Gasteiger partial charge in [-0.15, -0.1) is 0 Å². The predicted octanol–water partition coefficient (Wildman–Crippen LogP) is 3.04. The normalized spacial score (nSPS) is 41.3. The molecule has 0 spiro atoms. The first-order chi connectivity index (χ1) is 9.19. The average molecular weight is 284 g/mol. The summed E-state index contributed by atoms with van der Waals surface area (Å²) in [5.41, 5.74) is 0. The number of esters is 1. The lowest BCUT2D eigenvalue weighted by Crippen LogP contribution is -2.34. The van der Waals surface area contributed by atoms with Crippen molar-refractivity contribution in [2.24, 2.45) is 23.7 Å². The second-order valence-electron chi connectivity index (χ2n) is 6.36. The molecule has 108 valence electrons. The molecular formula is C15H24O3S. The van der Waals surface area contributed by atoms with Crippen molar-refractivity contribution in [1.29, 1.82) is 0 Å². The third kappa shape index (κ3) is 2.66. The molecule has 19 heavy (non-hydrogen) atoms. The molecule has 0 aliphatic heterocycles. The molecule has 6 unspecified atom stereocenters. The lowest BCUT2D eigenvalue weighted by atomic mass is 9.80. The number of thiol groups is 1. The lowest BCUT2D eigenvalue weighted by molar-refractivity contribution is -0.191. The van der Waals surface area contributed by atoms with E-state index < -0.39 is 6.29 Å². The molecule has 0 aromatic heterocycles. The highest BCUT2D eigenvalue weighted by Gasteiger charge is 2.54. The van der Waals surface area contributed by atoms with Crippen molar-refractivity contribution < 1.29 is 14.3 Å². The summed E-state index contributed by atoms with van der Waals surface area (Å²) in [5.74, 6) is 3.80. The Morgan fingerprint density at radius 2 is 2.05 bits per heavy atom. The molecule has 6 atom stereocenters. The molecule has 0 radical (unpaired) electrons. The molecule has 0 N–H and O–H groups in total. The Labute approximate surface area is 120 Å². The first-order valence-electron chi connectivity index (χ1n) is 7.65. The van der Waals surface area contributed by atoms with Gasteiger partial charge in [-0.05, 0) is 56.3 Å². The molecule has 3 aliphatic rings. The van der Waals surface area contributed by atoms with E-state index in [9.17, 15) is 4.79 Å². The Balaban J connectivity index is 1.50. The molecule has 3 aliphatic carbocycles. The van der Waals surface area contributed by atoms with Gasteiger partial charge in [0, 0.05) is 5.75 Å². The lowest BCUT2D eigenvalue weighted by Gasteiger charge is -2.32. The highest BCUT2D eigenvalue weighted by Crippen LogP contribution is 2.59. The van der Waals surface area contributed by atoms with E-state index in [0.717, 1.165) is 23.7 Å². The molecule has 4 heteroatoms. The van der Waals surface area contributed by atoms with Gasteiger partial charge in [0.1, 0.15) is 0 Å². The maximum Gasteiger partial charge on any atom is 0.308 e. The van der Waals surface area contributed by atoms with E-state index in [-0.39, 0.29) is 5.97 Å². The second kappa shape index (κ2) is 5.65. The van der Waals surface area contributed by atoms with Gasteiger partial charge in [-0.1, -0.05) is 6.42 Å². The Bertz CT molecular complexity index is 346. The summed E-state index contributed by atoms with van der Waals surface area (Å²) in [4.78, 5) is 11.4. The Morgan fingerprint density at radius 1 is 1.26 bits per heavy atom. The zero-order valence-corrected chi connectivity index (χ0v) is 12.5. The van der Waals surface area contributed by atoms with Crippen LogP contribution in [-0.2, 0) is 14.3 Å². The van der Waals surface area contributed by atoms with Crippen LogP contribution in [0, 0.1) is 23.7 Å². The zero-order valence-electron chi connectivity index (χ0n) is 11.6. The van der Waals surface area contributed by atoms with Crippen molar-refractivity contribution in [2.45, 2.75) is 57.8 Å². The van der Waals surface area contributed by atoms with Crippen molar-refractivity contribution in [1.82, 2.24) is 0 Å². The van der Waals surface area contributed by atoms with E-state index in [1.807, 2.05) is 6.92 Å². The number of hydrogen-bond donors (Lipinski definition) is 1. The summed E-state index contributed by atoms with van der Waals surface area (Å²) in [7, 11) is 0. The molecule has 0 amide bonds. The summed E-state index contributed by atoms with van der Waals surface area (Å²) in [6.07, 6.45) is 7.03. The van der Waals surface area contributed by atoms with E-state index in [0.29, 0.717) is 18.3 Å². The molecule has 0 aromatic carbocycles. The minimum Gasteiger partial charge on any atom is -0.436 e. The van der Waals surface area contributed by atoms with Crippen LogP contribution in [0.3, 0.4) is 0 Å². The Morgan fingerprint density at radius 3 is 2.84 bits per heavy atom. The van der Waals surface area contributed by atoms with Gasteiger partial charge in [0.25, 0.3) is 0 Å². The Kier molecular flexibility index (Phi) is 4.08. The van der Waals surface area contributed by atoms with E-state index in [1.54, 1.807) is 0 Å². The summed E-state index contributed by atoms with van der Waals surface area (Å²) < 4.78 is 11.3. The van der Waals surface area contributed by atoms with Crippen LogP contribution in [0.1, 0.15) is 45.4 Å². The fourth-order valence-electron chi connectivity index (χ4n) is 4.77. The van der Waals surface area contributed by atoms with Crippen LogP contribution in [0.4, 0.5) is 0 Å². The minimum atomic E-state index is -0.406. The number of rotatable bonds is 5. The van der Waals surface area contributed by atoms with Gasteiger partial charge in [0.2, 0.25) is 0 Å². The van der Waals surface area contributed by atoms with E-state index in [4.69, 9.17) is 9.47 Å². The van der Waals surface area contributed by atoms with Crippen molar-refractivity contribution in [3.8, 4) is 0 Å². The van der Waals surface area contributed by atoms with Gasteiger partial charge >= 0.3 is 5.97 Å². The first kappa shape index (κ1) is 13.7. The maximum absolute atomic E-state index is 11.4. The maximum atomic E-state index is 11.4. The number of carbonyl (C=O) groups is 1. The third-order valence-electron chi connectivity index (χ3n) is 5.35. The van der Waals surface area contributed by atoms with Crippen LogP contribution in [0.15, 0.2) is 0 Å². The van der Waals surface area contributed by atoms with Crippen LogP contribution < -0.4 is 0 Å². The first-order valence-corrected chi connectivity index (χ1v) is 8.28. The van der Waals surface area contributed by atoms with Crippen molar-refractivity contribution in [3.63, 3.8) is 0 Å². The topological polar surface area (TPSA) is 35.5 Å². The number of hydrogen-bond acceptors (Lipinski definition) is 4. The molecule has 0 saturated heterocycles. The molecular weight excluding hydrogens is 260 g/mol. The largest absolute Gasteiger partial charge is 0.436 e. The number of carbonyl (C=O) groups excluding carboxylic acids is 1. The van der Waals surface area contributed by atoms with Crippen LogP contribution in [0.5, 0.6) is 0 Å². The van der Waals surface area contributed by atoms with Crippen molar-refractivity contribution >= 4 is 18.6 Å². The third-order valence-corrected chi connectivity index (χ3v) is 5.57. The van der Waals surface area contributed by atoms with Crippen LogP contribution in [0.2, 0.25) is 0 Å². The number of ether oxygens (including phenoxy) is 2. The van der Waals surface area contributed by atoms with Crippen molar-refractivity contribution in [2.75, 3.05) is 5.75 Å². The van der Waals surface area contributed by atoms with Crippen LogP contribution in [-0.4, -0.2) is 24.1 Å². The zero-order chi connectivity index (χ0) is 13.4. The summed E-state index contributed by atoms with van der Waals surface area (Å²) in [5, 5.41) is 0. The monoisotopic (exact) mass is 284 g/mol. The van der Waals surface area contributed by atoms with Crippen molar-refractivity contribution in [3.05, 3.63) is 0 Å². The fourth-order valence-corrected chi connectivity index (χ4v) is 4.95. The molecule has 3 saturated carbocycles. The standard InChI is InChI=1S/C15H24O3S/c1-9(18-15(16)5-6-19)17-14-8-10-7-13(14)12-4-2-3-11(10)12/h9-14,19H,2-8H2,1H3. The Hall–Kier alpha value is -0.220. The highest BCUT2D eigenvalue weighted by atomic mass is 32.1. The molecule has 0 heterocycles. The minimum absolute atomic E-state index is 0.204. The number of fused-ring (bicyclic) bond motifs is 5. The van der Waals surface area contributed by atoms with Gasteiger partial charge in [-0.25, -0.2) is 0 Å². The van der Waals surface area contributed by atoms with Gasteiger partial charge in [0.15, 0.2) is 6.29 Å². The van der Waals surface area contributed by atoms with Crippen LogP contribution in [0.25, 0.3) is 0 Å². The SMILES string of the molecule is CC(OC(=O)CCS)OC1CC2CC1C1CCCC21.